The van der Waals surface area contributed by atoms with Gasteiger partial charge in [-0.25, -0.2) is 4.98 Å². The van der Waals surface area contributed by atoms with Gasteiger partial charge in [-0.15, -0.1) is 36.2 Å². The molecule has 1 aromatic rings. The van der Waals surface area contributed by atoms with E-state index in [1.54, 1.807) is 0 Å². The number of rotatable bonds is 4. The van der Waals surface area contributed by atoms with Crippen LogP contribution in [0.1, 0.15) is 25.5 Å². The molecule has 0 spiro atoms. The molecule has 1 amide bonds. The Balaban J connectivity index is 0.00000180. The Hall–Kier alpha value is -0.400. The molecule has 20 heavy (non-hydrogen) atoms. The largest absolute Gasteiger partial charge is 0.317 e. The molecule has 1 aliphatic heterocycles. The van der Waals surface area contributed by atoms with Gasteiger partial charge in [0.2, 0.25) is 5.91 Å². The highest BCUT2D eigenvalue weighted by Gasteiger charge is 2.18. The highest BCUT2D eigenvalue weighted by Crippen LogP contribution is 2.18. The summed E-state index contributed by atoms with van der Waals surface area (Å²) in [5.41, 5.74) is 1.03. The predicted molar refractivity (Wildman–Crippen MR) is 88.3 cm³/mol. The van der Waals surface area contributed by atoms with Gasteiger partial charge in [-0.3, -0.25) is 9.69 Å². The highest BCUT2D eigenvalue weighted by atomic mass is 35.5. The normalized spacial score (nSPS) is 15.3. The van der Waals surface area contributed by atoms with E-state index in [9.17, 15) is 4.79 Å². The van der Waals surface area contributed by atoms with E-state index >= 15 is 0 Å². The SMILES string of the molecule is CC(=O)Nc1nc(CN(C)C2CCNCC2)cs1.Cl.Cl. The summed E-state index contributed by atoms with van der Waals surface area (Å²) >= 11 is 1.48. The van der Waals surface area contributed by atoms with E-state index in [1.165, 1.54) is 31.1 Å². The molecule has 116 valence electrons. The zero-order valence-corrected chi connectivity index (χ0v) is 14.2. The molecule has 1 fully saturated rings. The lowest BCUT2D eigenvalue weighted by molar-refractivity contribution is -0.114. The van der Waals surface area contributed by atoms with Crippen LogP contribution in [0.4, 0.5) is 5.13 Å². The van der Waals surface area contributed by atoms with Crippen molar-refractivity contribution in [3.63, 3.8) is 0 Å². The number of piperidine rings is 1. The topological polar surface area (TPSA) is 57.3 Å². The molecular weight excluding hydrogens is 319 g/mol. The number of nitrogens with one attached hydrogen (secondary N) is 2. The number of carbonyl (C=O) groups excluding carboxylic acids is 1. The second kappa shape index (κ2) is 9.52. The third kappa shape index (κ3) is 5.93. The maximum atomic E-state index is 10.9. The molecule has 0 bridgehead atoms. The fourth-order valence-electron chi connectivity index (χ4n) is 2.22. The third-order valence-corrected chi connectivity index (χ3v) is 3.98. The first-order chi connectivity index (χ1) is 8.65. The first-order valence-corrected chi connectivity index (χ1v) is 7.16. The summed E-state index contributed by atoms with van der Waals surface area (Å²) < 4.78 is 0. The van der Waals surface area contributed by atoms with Crippen molar-refractivity contribution in [2.45, 2.75) is 32.4 Å². The minimum Gasteiger partial charge on any atom is -0.317 e. The minimum atomic E-state index is -0.0670. The highest BCUT2D eigenvalue weighted by molar-refractivity contribution is 7.13. The van der Waals surface area contributed by atoms with Crippen LogP contribution in [-0.4, -0.2) is 42.0 Å². The standard InChI is InChI=1S/C12H20N4OS.2ClH/c1-9(17)14-12-15-10(8-18-12)7-16(2)11-3-5-13-6-4-11;;/h8,11,13H,3-7H2,1-2H3,(H,14,15,17);2*1H. The second-order valence-corrected chi connectivity index (χ2v) is 5.58. The number of hydrogen-bond donors (Lipinski definition) is 2. The number of thiazole rings is 1. The average molecular weight is 341 g/mol. The van der Waals surface area contributed by atoms with E-state index < -0.39 is 0 Å². The Morgan fingerprint density at radius 1 is 1.50 bits per heavy atom. The summed E-state index contributed by atoms with van der Waals surface area (Å²) in [5.74, 6) is -0.0670. The van der Waals surface area contributed by atoms with Crippen LogP contribution in [0.25, 0.3) is 0 Å². The molecule has 1 saturated heterocycles. The number of amides is 1. The Kier molecular flexibility index (Phi) is 9.33. The molecule has 0 radical (unpaired) electrons. The molecule has 1 aromatic heterocycles. The van der Waals surface area contributed by atoms with Crippen molar-refractivity contribution in [3.8, 4) is 0 Å². The van der Waals surface area contributed by atoms with Gasteiger partial charge in [-0.1, -0.05) is 0 Å². The van der Waals surface area contributed by atoms with E-state index in [2.05, 4.69) is 27.6 Å². The third-order valence-electron chi connectivity index (χ3n) is 3.18. The summed E-state index contributed by atoms with van der Waals surface area (Å²) in [7, 11) is 2.15. The summed E-state index contributed by atoms with van der Waals surface area (Å²) in [6.07, 6.45) is 2.39. The van der Waals surface area contributed by atoms with E-state index in [4.69, 9.17) is 0 Å². The quantitative estimate of drug-likeness (QED) is 0.881. The predicted octanol–water partition coefficient (Wildman–Crippen LogP) is 2.13. The lowest BCUT2D eigenvalue weighted by Crippen LogP contribution is -2.40. The van der Waals surface area contributed by atoms with Gasteiger partial charge < -0.3 is 10.6 Å². The van der Waals surface area contributed by atoms with Crippen molar-refractivity contribution < 1.29 is 4.79 Å². The Labute approximate surface area is 136 Å². The number of carbonyl (C=O) groups is 1. The fraction of sp³-hybridized carbons (Fsp3) is 0.667. The second-order valence-electron chi connectivity index (χ2n) is 4.72. The van der Waals surface area contributed by atoms with Crippen LogP contribution in [0, 0.1) is 0 Å². The van der Waals surface area contributed by atoms with Crippen LogP contribution >= 0.6 is 36.2 Å². The van der Waals surface area contributed by atoms with Crippen molar-refractivity contribution in [2.75, 3.05) is 25.5 Å². The molecule has 0 aliphatic carbocycles. The van der Waals surface area contributed by atoms with Crippen molar-refractivity contribution in [2.24, 2.45) is 0 Å². The van der Waals surface area contributed by atoms with Gasteiger partial charge in [0, 0.05) is 24.9 Å². The van der Waals surface area contributed by atoms with Crippen molar-refractivity contribution in [1.29, 1.82) is 0 Å². The van der Waals surface area contributed by atoms with Crippen LogP contribution in [0.15, 0.2) is 5.38 Å². The number of aromatic nitrogens is 1. The maximum Gasteiger partial charge on any atom is 0.223 e. The Morgan fingerprint density at radius 2 is 2.15 bits per heavy atom. The van der Waals surface area contributed by atoms with Gasteiger partial charge in [-0.2, -0.15) is 0 Å². The van der Waals surface area contributed by atoms with E-state index in [-0.39, 0.29) is 30.7 Å². The average Bonchev–Trinajstić information content (AvgIpc) is 2.76. The molecular formula is C12H22Cl2N4OS. The number of nitrogens with zero attached hydrogens (tertiary/aromatic N) is 2. The van der Waals surface area contributed by atoms with Gasteiger partial charge in [0.25, 0.3) is 0 Å². The van der Waals surface area contributed by atoms with Gasteiger partial charge in [0.05, 0.1) is 5.69 Å². The van der Waals surface area contributed by atoms with Crippen molar-refractivity contribution in [1.82, 2.24) is 15.2 Å². The fourth-order valence-corrected chi connectivity index (χ4v) is 2.97. The van der Waals surface area contributed by atoms with Gasteiger partial charge in [0.1, 0.15) is 0 Å². The summed E-state index contributed by atoms with van der Waals surface area (Å²) in [6, 6.07) is 0.636. The summed E-state index contributed by atoms with van der Waals surface area (Å²) in [6.45, 7) is 4.55. The number of hydrogen-bond acceptors (Lipinski definition) is 5. The maximum absolute atomic E-state index is 10.9. The zero-order valence-electron chi connectivity index (χ0n) is 11.7. The number of anilines is 1. The molecule has 1 aliphatic rings. The summed E-state index contributed by atoms with van der Waals surface area (Å²) in [5, 5.41) is 8.80. The van der Waals surface area contributed by atoms with Crippen LogP contribution < -0.4 is 10.6 Å². The van der Waals surface area contributed by atoms with E-state index in [0.717, 1.165) is 25.3 Å². The molecule has 0 aromatic carbocycles. The molecule has 2 heterocycles. The smallest absolute Gasteiger partial charge is 0.223 e. The monoisotopic (exact) mass is 340 g/mol. The molecule has 5 nitrogen and oxygen atoms in total. The first kappa shape index (κ1) is 19.6. The number of halogens is 2. The molecule has 0 unspecified atom stereocenters. The van der Waals surface area contributed by atoms with E-state index in [1.807, 2.05) is 5.38 Å². The van der Waals surface area contributed by atoms with Gasteiger partial charge in [-0.05, 0) is 33.0 Å². The van der Waals surface area contributed by atoms with Crippen molar-refractivity contribution in [3.05, 3.63) is 11.1 Å². The van der Waals surface area contributed by atoms with E-state index in [0.29, 0.717) is 11.2 Å². The molecule has 2 N–H and O–H groups in total. The zero-order chi connectivity index (χ0) is 13.0. The van der Waals surface area contributed by atoms with Gasteiger partial charge in [0.15, 0.2) is 5.13 Å². The van der Waals surface area contributed by atoms with Gasteiger partial charge >= 0.3 is 0 Å². The summed E-state index contributed by atoms with van der Waals surface area (Å²) in [4.78, 5) is 17.7. The van der Waals surface area contributed by atoms with Crippen LogP contribution in [0.5, 0.6) is 0 Å². The minimum absolute atomic E-state index is 0. The molecule has 0 atom stereocenters. The molecule has 0 saturated carbocycles. The van der Waals surface area contributed by atoms with Crippen LogP contribution in [-0.2, 0) is 11.3 Å². The lowest BCUT2D eigenvalue weighted by atomic mass is 10.1. The lowest BCUT2D eigenvalue weighted by Gasteiger charge is -2.31. The molecule has 2 rings (SSSR count). The van der Waals surface area contributed by atoms with Crippen molar-refractivity contribution >= 4 is 47.2 Å². The first-order valence-electron chi connectivity index (χ1n) is 6.28. The van der Waals surface area contributed by atoms with Crippen LogP contribution in [0.2, 0.25) is 0 Å². The Bertz CT molecular complexity index is 410. The van der Waals surface area contributed by atoms with Crippen LogP contribution in [0.3, 0.4) is 0 Å². The Morgan fingerprint density at radius 3 is 2.75 bits per heavy atom. The molecule has 8 heteroatoms.